The highest BCUT2D eigenvalue weighted by Crippen LogP contribution is 2.21. The summed E-state index contributed by atoms with van der Waals surface area (Å²) in [5.41, 5.74) is 2.66. The van der Waals surface area contributed by atoms with Crippen LogP contribution in [0.2, 0.25) is 0 Å². The van der Waals surface area contributed by atoms with Crippen LogP contribution in [-0.4, -0.2) is 59.3 Å². The number of aromatic nitrogens is 2. The molecule has 27 heavy (non-hydrogen) atoms. The minimum Gasteiger partial charge on any atom is -0.303 e. The van der Waals surface area contributed by atoms with Gasteiger partial charge in [-0.1, -0.05) is 12.1 Å². The van der Waals surface area contributed by atoms with Crippen molar-refractivity contribution in [3.05, 3.63) is 64.5 Å². The Morgan fingerprint density at radius 3 is 2.78 bits per heavy atom. The van der Waals surface area contributed by atoms with Gasteiger partial charge in [0.15, 0.2) is 11.2 Å². The Balaban J connectivity index is 1.71. The molecule has 1 fully saturated rings. The number of pyridine rings is 1. The van der Waals surface area contributed by atoms with E-state index in [-0.39, 0.29) is 10.6 Å². The number of hydrazone groups is 1. The van der Waals surface area contributed by atoms with Gasteiger partial charge in [-0.2, -0.15) is 9.50 Å². The molecule has 0 bridgehead atoms. The first kappa shape index (κ1) is 17.2. The molecule has 0 atom stereocenters. The highest BCUT2D eigenvalue weighted by atomic mass is 16.6. The second-order valence-corrected chi connectivity index (χ2v) is 6.65. The third kappa shape index (κ3) is 3.52. The van der Waals surface area contributed by atoms with Gasteiger partial charge in [-0.15, -0.1) is 0 Å². The summed E-state index contributed by atoms with van der Waals surface area (Å²) in [6.45, 7) is 3.79. The van der Waals surface area contributed by atoms with Crippen LogP contribution in [-0.2, 0) is 0 Å². The maximum atomic E-state index is 11.1. The zero-order valence-electron chi connectivity index (χ0n) is 15.1. The van der Waals surface area contributed by atoms with Crippen LogP contribution in [0.5, 0.6) is 0 Å². The van der Waals surface area contributed by atoms with Gasteiger partial charge in [0.2, 0.25) is 0 Å². The van der Waals surface area contributed by atoms with Gasteiger partial charge in [0.1, 0.15) is 0 Å². The van der Waals surface area contributed by atoms with Gasteiger partial charge in [-0.05, 0) is 25.2 Å². The summed E-state index contributed by atoms with van der Waals surface area (Å²) >= 11 is 0. The number of nitrogens with one attached hydrogen (secondary N) is 1. The molecule has 2 aromatic heterocycles. The van der Waals surface area contributed by atoms with Crippen molar-refractivity contribution in [3.8, 4) is 11.4 Å². The van der Waals surface area contributed by atoms with E-state index in [2.05, 4.69) is 27.0 Å². The van der Waals surface area contributed by atoms with Crippen LogP contribution in [0.15, 0.2) is 53.8 Å². The maximum absolute atomic E-state index is 11.1. The number of rotatable bonds is 4. The van der Waals surface area contributed by atoms with Crippen LogP contribution >= 0.6 is 0 Å². The van der Waals surface area contributed by atoms with Crippen molar-refractivity contribution >= 4 is 17.4 Å². The Bertz CT molecular complexity index is 1000. The fourth-order valence-electron chi connectivity index (χ4n) is 3.24. The van der Waals surface area contributed by atoms with Crippen molar-refractivity contribution in [2.24, 2.45) is 5.10 Å². The Kier molecular flexibility index (Phi) is 4.55. The normalized spacial score (nSPS) is 15.7. The molecule has 0 unspecified atom stereocenters. The van der Waals surface area contributed by atoms with Crippen LogP contribution in [0.3, 0.4) is 0 Å². The lowest BCUT2D eigenvalue weighted by Crippen LogP contribution is -2.41. The van der Waals surface area contributed by atoms with E-state index in [4.69, 9.17) is 0 Å². The number of hydrogen-bond acceptors (Lipinski definition) is 5. The molecular formula is C19H21N6O2+. The third-order valence-corrected chi connectivity index (χ3v) is 4.79. The van der Waals surface area contributed by atoms with Crippen LogP contribution < -0.4 is 4.40 Å². The molecule has 0 amide bonds. The highest BCUT2D eigenvalue weighted by Gasteiger charge is 2.21. The van der Waals surface area contributed by atoms with E-state index in [9.17, 15) is 10.1 Å². The van der Waals surface area contributed by atoms with Gasteiger partial charge < -0.3 is 4.90 Å². The number of H-pyrrole nitrogens is 1. The van der Waals surface area contributed by atoms with Crippen LogP contribution in [0.4, 0.5) is 5.69 Å². The molecule has 1 aromatic carbocycles. The van der Waals surface area contributed by atoms with Crippen molar-refractivity contribution in [2.45, 2.75) is 0 Å². The molecule has 0 aliphatic carbocycles. The fraction of sp³-hybridized carbons (Fsp3) is 0.263. The van der Waals surface area contributed by atoms with E-state index in [1.54, 1.807) is 12.1 Å². The molecule has 0 saturated carbocycles. The van der Waals surface area contributed by atoms with Crippen LogP contribution in [0.1, 0.15) is 5.69 Å². The van der Waals surface area contributed by atoms with Crippen molar-refractivity contribution in [1.82, 2.24) is 14.9 Å². The average Bonchev–Trinajstić information content (AvgIpc) is 3.06. The maximum Gasteiger partial charge on any atom is 0.292 e. The standard InChI is InChI=1S/C19H20N6O2/c1-22-9-11-23(12-10-22)20-14-17-18-7-2-3-8-24(18)19(21-17)15-5-4-6-16(13-15)25(26)27/h2-8,13-14H,9-12H2,1H3/p+1/b20-14+. The number of fused-ring (bicyclic) bond motifs is 1. The average molecular weight is 365 g/mol. The quantitative estimate of drug-likeness (QED) is 0.331. The number of non-ortho nitro benzene ring substituents is 1. The van der Waals surface area contributed by atoms with Gasteiger partial charge in [-0.25, -0.2) is 4.98 Å². The smallest absolute Gasteiger partial charge is 0.292 e. The Morgan fingerprint density at radius 2 is 2.00 bits per heavy atom. The Hall–Kier alpha value is -3.26. The monoisotopic (exact) mass is 365 g/mol. The predicted octanol–water partition coefficient (Wildman–Crippen LogP) is 1.91. The number of nitro groups is 1. The van der Waals surface area contributed by atoms with Crippen molar-refractivity contribution < 1.29 is 9.32 Å². The summed E-state index contributed by atoms with van der Waals surface area (Å²) in [5.74, 6) is 0.786. The molecule has 1 aliphatic heterocycles. The first-order valence-corrected chi connectivity index (χ1v) is 8.86. The summed E-state index contributed by atoms with van der Waals surface area (Å²) in [6.07, 6.45) is 3.77. The number of piperazine rings is 1. The van der Waals surface area contributed by atoms with E-state index in [1.165, 1.54) is 6.07 Å². The molecule has 3 aromatic rings. The summed E-state index contributed by atoms with van der Waals surface area (Å²) in [7, 11) is 2.11. The Morgan fingerprint density at radius 1 is 1.19 bits per heavy atom. The summed E-state index contributed by atoms with van der Waals surface area (Å²) in [4.78, 5) is 16.4. The van der Waals surface area contributed by atoms with E-state index in [1.807, 2.05) is 41.1 Å². The van der Waals surface area contributed by atoms with E-state index in [0.717, 1.165) is 48.8 Å². The molecule has 1 saturated heterocycles. The third-order valence-electron chi connectivity index (χ3n) is 4.79. The van der Waals surface area contributed by atoms with Gasteiger partial charge >= 0.3 is 0 Å². The summed E-state index contributed by atoms with van der Waals surface area (Å²) in [6, 6.07) is 12.5. The summed E-state index contributed by atoms with van der Waals surface area (Å²) in [5, 5.41) is 17.8. The zero-order valence-corrected chi connectivity index (χ0v) is 15.1. The second kappa shape index (κ2) is 7.16. The van der Waals surface area contributed by atoms with Gasteiger partial charge in [0, 0.05) is 38.3 Å². The van der Waals surface area contributed by atoms with Gasteiger partial charge in [0.05, 0.1) is 22.9 Å². The molecule has 3 heterocycles. The molecular weight excluding hydrogens is 344 g/mol. The zero-order chi connectivity index (χ0) is 18.8. The molecule has 0 spiro atoms. The molecule has 4 rings (SSSR count). The highest BCUT2D eigenvalue weighted by molar-refractivity contribution is 5.86. The van der Waals surface area contributed by atoms with Crippen molar-refractivity contribution in [1.29, 1.82) is 0 Å². The predicted molar refractivity (Wildman–Crippen MR) is 103 cm³/mol. The SMILES string of the molecule is CN1CCN(/N=C/c2[nH]c(-c3cccc([N+](=O)[O-])c3)[n+]3ccccc23)CC1. The second-order valence-electron chi connectivity index (χ2n) is 6.65. The van der Waals surface area contributed by atoms with Crippen molar-refractivity contribution in [2.75, 3.05) is 33.2 Å². The first-order valence-electron chi connectivity index (χ1n) is 8.86. The number of hydrogen-bond donors (Lipinski definition) is 1. The van der Waals surface area contributed by atoms with Gasteiger partial charge in [-0.3, -0.25) is 15.1 Å². The van der Waals surface area contributed by atoms with Crippen molar-refractivity contribution in [3.63, 3.8) is 0 Å². The van der Waals surface area contributed by atoms with Crippen LogP contribution in [0.25, 0.3) is 16.9 Å². The lowest BCUT2D eigenvalue weighted by Gasteiger charge is -2.29. The number of benzene rings is 1. The number of likely N-dealkylation sites (N-methyl/N-ethyl adjacent to an activating group) is 1. The number of imidazole rings is 1. The molecule has 8 nitrogen and oxygen atoms in total. The molecule has 1 N–H and O–H groups in total. The lowest BCUT2D eigenvalue weighted by atomic mass is 10.2. The minimum absolute atomic E-state index is 0.0689. The largest absolute Gasteiger partial charge is 0.303 e. The number of aromatic amines is 1. The molecule has 1 aliphatic rings. The minimum atomic E-state index is -0.380. The summed E-state index contributed by atoms with van der Waals surface area (Å²) < 4.78 is 1.99. The topological polar surface area (TPSA) is 81.9 Å². The van der Waals surface area contributed by atoms with Gasteiger partial charge in [0.25, 0.3) is 11.5 Å². The van der Waals surface area contributed by atoms with E-state index < -0.39 is 0 Å². The van der Waals surface area contributed by atoms with E-state index in [0.29, 0.717) is 0 Å². The Labute approximate surface area is 156 Å². The van der Waals surface area contributed by atoms with E-state index >= 15 is 0 Å². The molecule has 8 heteroatoms. The fourth-order valence-corrected chi connectivity index (χ4v) is 3.24. The molecule has 138 valence electrons. The number of nitro benzene ring substituents is 1. The lowest BCUT2D eigenvalue weighted by molar-refractivity contribution is -0.498. The van der Waals surface area contributed by atoms with Crippen LogP contribution in [0, 0.1) is 10.1 Å². The molecule has 0 radical (unpaired) electrons. The number of nitrogens with zero attached hydrogens (tertiary/aromatic N) is 5. The first-order chi connectivity index (χ1) is 13.1.